The molecule has 0 saturated carbocycles. The van der Waals surface area contributed by atoms with Gasteiger partial charge in [-0.1, -0.05) is 42.5 Å². The zero-order valence-electron chi connectivity index (χ0n) is 17.6. The molecule has 1 atom stereocenters. The van der Waals surface area contributed by atoms with Crippen LogP contribution in [0.4, 0.5) is 4.39 Å². The topological polar surface area (TPSA) is 59.8 Å². The van der Waals surface area contributed by atoms with Gasteiger partial charge >= 0.3 is 0 Å². The Morgan fingerprint density at radius 1 is 1.13 bits per heavy atom. The van der Waals surface area contributed by atoms with Gasteiger partial charge in [0, 0.05) is 39.4 Å². The van der Waals surface area contributed by atoms with E-state index in [2.05, 4.69) is 10.00 Å². The number of para-hydroxylation sites is 1. The van der Waals surface area contributed by atoms with Crippen molar-refractivity contribution in [1.29, 1.82) is 0 Å². The lowest BCUT2D eigenvalue weighted by atomic mass is 10.1. The minimum absolute atomic E-state index is 0.139. The maximum absolute atomic E-state index is 14.3. The molecule has 0 radical (unpaired) electrons. The first-order valence-corrected chi connectivity index (χ1v) is 9.92. The fraction of sp³-hybridized carbons (Fsp3) is 0.348. The Morgan fingerprint density at radius 2 is 1.83 bits per heavy atom. The van der Waals surface area contributed by atoms with Crippen LogP contribution >= 0.6 is 0 Å². The second-order valence-corrected chi connectivity index (χ2v) is 7.23. The fourth-order valence-corrected chi connectivity index (χ4v) is 3.33. The molecule has 160 valence electrons. The lowest BCUT2D eigenvalue weighted by Gasteiger charge is -2.24. The number of benzene rings is 2. The van der Waals surface area contributed by atoms with E-state index in [1.807, 2.05) is 30.3 Å². The molecule has 1 heterocycles. The van der Waals surface area contributed by atoms with Gasteiger partial charge in [-0.3, -0.25) is 4.90 Å². The van der Waals surface area contributed by atoms with Gasteiger partial charge in [0.05, 0.1) is 18.3 Å². The minimum Gasteiger partial charge on any atom is -0.436 e. The maximum Gasteiger partial charge on any atom is 0.222 e. The molecule has 0 saturated heterocycles. The van der Waals surface area contributed by atoms with Crippen LogP contribution in [0, 0.1) is 5.82 Å². The van der Waals surface area contributed by atoms with Gasteiger partial charge in [0.2, 0.25) is 5.88 Å². The van der Waals surface area contributed by atoms with Gasteiger partial charge in [0.1, 0.15) is 5.69 Å². The first-order valence-electron chi connectivity index (χ1n) is 9.92. The summed E-state index contributed by atoms with van der Waals surface area (Å²) in [6.45, 7) is 3.83. The highest BCUT2D eigenvalue weighted by Crippen LogP contribution is 2.34. The number of nitrogens with zero attached hydrogens (tertiary/aromatic N) is 3. The number of hydrogen-bond donors (Lipinski definition) is 1. The van der Waals surface area contributed by atoms with Gasteiger partial charge in [-0.2, -0.15) is 5.10 Å². The molecule has 3 aromatic rings. The van der Waals surface area contributed by atoms with E-state index >= 15 is 0 Å². The molecule has 1 aromatic heterocycles. The summed E-state index contributed by atoms with van der Waals surface area (Å²) in [6, 6.07) is 16.1. The highest BCUT2D eigenvalue weighted by Gasteiger charge is 2.23. The molecule has 2 aromatic carbocycles. The highest BCUT2D eigenvalue weighted by molar-refractivity contribution is 5.65. The number of methoxy groups -OCH3 is 1. The Kier molecular flexibility index (Phi) is 7.57. The van der Waals surface area contributed by atoms with Crippen molar-refractivity contribution in [2.75, 3.05) is 26.8 Å². The number of aromatic nitrogens is 2. The minimum atomic E-state index is -0.505. The molecule has 1 N–H and O–H groups in total. The molecule has 0 aliphatic rings. The average molecular weight is 413 g/mol. The summed E-state index contributed by atoms with van der Waals surface area (Å²) in [5.74, 6) is 0.165. The standard InChI is InChI=1S/C23H28FN3O3/c1-17(28)15-27(13-14-29-3)16-19-22(18-9-5-4-6-10-18)25-26(2)23(19)30-21-12-8-7-11-20(21)24/h4-12,17,28H,13-16H2,1-3H3. The van der Waals surface area contributed by atoms with Crippen LogP contribution in [0.1, 0.15) is 12.5 Å². The van der Waals surface area contributed by atoms with Crippen LogP contribution in [0.5, 0.6) is 11.6 Å². The summed E-state index contributed by atoms with van der Waals surface area (Å²) >= 11 is 0. The smallest absolute Gasteiger partial charge is 0.222 e. The zero-order chi connectivity index (χ0) is 21.5. The van der Waals surface area contributed by atoms with Crippen LogP contribution in [0.25, 0.3) is 11.3 Å². The lowest BCUT2D eigenvalue weighted by molar-refractivity contribution is 0.0936. The van der Waals surface area contributed by atoms with E-state index in [4.69, 9.17) is 9.47 Å². The van der Waals surface area contributed by atoms with Crippen molar-refractivity contribution >= 4 is 0 Å². The van der Waals surface area contributed by atoms with Crippen molar-refractivity contribution in [3.05, 3.63) is 66.0 Å². The summed E-state index contributed by atoms with van der Waals surface area (Å²) in [5, 5.41) is 14.6. The van der Waals surface area contributed by atoms with Crippen molar-refractivity contribution in [3.63, 3.8) is 0 Å². The monoisotopic (exact) mass is 413 g/mol. The van der Waals surface area contributed by atoms with Crippen molar-refractivity contribution in [2.45, 2.75) is 19.6 Å². The summed E-state index contributed by atoms with van der Waals surface area (Å²) in [7, 11) is 3.42. The van der Waals surface area contributed by atoms with Crippen LogP contribution in [-0.4, -0.2) is 52.7 Å². The Balaban J connectivity index is 2.03. The van der Waals surface area contributed by atoms with Crippen molar-refractivity contribution < 1.29 is 19.0 Å². The number of ether oxygens (including phenoxy) is 2. The normalized spacial score (nSPS) is 12.3. The van der Waals surface area contributed by atoms with Crippen LogP contribution in [0.15, 0.2) is 54.6 Å². The van der Waals surface area contributed by atoms with E-state index in [0.717, 1.165) is 16.8 Å². The molecular weight excluding hydrogens is 385 g/mol. The van der Waals surface area contributed by atoms with Gasteiger partial charge in [0.15, 0.2) is 11.6 Å². The zero-order valence-corrected chi connectivity index (χ0v) is 17.6. The van der Waals surface area contributed by atoms with Gasteiger partial charge in [-0.05, 0) is 19.1 Å². The van der Waals surface area contributed by atoms with E-state index in [9.17, 15) is 9.50 Å². The number of aryl methyl sites for hydroxylation is 1. The number of hydrogen-bond acceptors (Lipinski definition) is 5. The van der Waals surface area contributed by atoms with Gasteiger partial charge < -0.3 is 14.6 Å². The van der Waals surface area contributed by atoms with Crippen LogP contribution < -0.4 is 4.74 Å². The van der Waals surface area contributed by atoms with Crippen LogP contribution in [0.2, 0.25) is 0 Å². The number of rotatable bonds is 10. The first kappa shape index (κ1) is 22.0. The van der Waals surface area contributed by atoms with E-state index in [0.29, 0.717) is 32.1 Å². The number of aliphatic hydroxyl groups excluding tert-OH is 1. The molecule has 6 nitrogen and oxygen atoms in total. The summed E-state index contributed by atoms with van der Waals surface area (Å²) in [4.78, 5) is 2.08. The van der Waals surface area contributed by atoms with E-state index in [1.54, 1.807) is 44.0 Å². The third-order valence-corrected chi connectivity index (χ3v) is 4.69. The molecule has 1 unspecified atom stereocenters. The van der Waals surface area contributed by atoms with Gasteiger partial charge in [-0.15, -0.1) is 0 Å². The fourth-order valence-electron chi connectivity index (χ4n) is 3.33. The highest BCUT2D eigenvalue weighted by atomic mass is 19.1. The molecule has 7 heteroatoms. The number of halogens is 1. The predicted octanol–water partition coefficient (Wildman–Crippen LogP) is 3.85. The third kappa shape index (κ3) is 5.44. The largest absolute Gasteiger partial charge is 0.436 e. The Labute approximate surface area is 176 Å². The average Bonchev–Trinajstić information content (AvgIpc) is 3.03. The summed E-state index contributed by atoms with van der Waals surface area (Å²) in [6.07, 6.45) is -0.505. The summed E-state index contributed by atoms with van der Waals surface area (Å²) in [5.41, 5.74) is 2.52. The summed E-state index contributed by atoms with van der Waals surface area (Å²) < 4.78 is 27.1. The molecule has 0 aliphatic carbocycles. The second kappa shape index (κ2) is 10.3. The molecule has 0 aliphatic heterocycles. The molecule has 0 fully saturated rings. The Bertz CT molecular complexity index is 944. The van der Waals surface area contributed by atoms with E-state index in [1.165, 1.54) is 6.07 Å². The SMILES string of the molecule is COCCN(Cc1c(-c2ccccc2)nn(C)c1Oc1ccccc1F)CC(C)O. The van der Waals surface area contributed by atoms with Gasteiger partial charge in [0.25, 0.3) is 0 Å². The molecular formula is C23H28FN3O3. The Morgan fingerprint density at radius 3 is 2.50 bits per heavy atom. The predicted molar refractivity (Wildman–Crippen MR) is 114 cm³/mol. The second-order valence-electron chi connectivity index (χ2n) is 7.23. The molecule has 0 bridgehead atoms. The molecule has 30 heavy (non-hydrogen) atoms. The van der Waals surface area contributed by atoms with Crippen LogP contribution in [0.3, 0.4) is 0 Å². The number of aliphatic hydroxyl groups is 1. The molecule has 0 amide bonds. The maximum atomic E-state index is 14.3. The van der Waals surface area contributed by atoms with E-state index in [-0.39, 0.29) is 5.75 Å². The van der Waals surface area contributed by atoms with Crippen molar-refractivity contribution in [1.82, 2.24) is 14.7 Å². The first-order chi connectivity index (χ1) is 14.5. The van der Waals surface area contributed by atoms with Crippen LogP contribution in [-0.2, 0) is 18.3 Å². The van der Waals surface area contributed by atoms with Crippen molar-refractivity contribution in [2.24, 2.45) is 7.05 Å². The third-order valence-electron chi connectivity index (χ3n) is 4.69. The van der Waals surface area contributed by atoms with E-state index < -0.39 is 11.9 Å². The molecule has 3 rings (SSSR count). The van der Waals surface area contributed by atoms with Gasteiger partial charge in [-0.25, -0.2) is 9.07 Å². The molecule has 0 spiro atoms. The van der Waals surface area contributed by atoms with Crippen molar-refractivity contribution in [3.8, 4) is 22.9 Å². The Hall–Kier alpha value is -2.74. The quantitative estimate of drug-likeness (QED) is 0.547. The lowest BCUT2D eigenvalue weighted by Crippen LogP contribution is -2.33.